The van der Waals surface area contributed by atoms with Crippen molar-refractivity contribution in [3.05, 3.63) is 249 Å². The van der Waals surface area contributed by atoms with Gasteiger partial charge in [-0.05, 0) is 299 Å². The van der Waals surface area contributed by atoms with E-state index in [2.05, 4.69) is 122 Å². The van der Waals surface area contributed by atoms with Gasteiger partial charge in [-0.25, -0.2) is 0 Å². The van der Waals surface area contributed by atoms with Gasteiger partial charge in [0, 0.05) is 10.3 Å². The van der Waals surface area contributed by atoms with Crippen LogP contribution in [0.4, 0.5) is 0 Å². The fourth-order valence-corrected chi connectivity index (χ4v) is 14.9. The lowest BCUT2D eigenvalue weighted by molar-refractivity contribution is 0.417. The van der Waals surface area contributed by atoms with Gasteiger partial charge in [0.2, 0.25) is 0 Å². The topological polar surface area (TPSA) is 9.23 Å². The molecule has 0 atom stereocenters. The molecule has 2 heteroatoms. The highest BCUT2D eigenvalue weighted by Crippen LogP contribution is 2.43. The van der Waals surface area contributed by atoms with Gasteiger partial charge in [0.25, 0.3) is 0 Å². The fraction of sp³-hybridized carbons (Fsp3) is 0.449. The molecule has 0 aliphatic carbocycles. The van der Waals surface area contributed by atoms with Crippen LogP contribution in [0.5, 0.6) is 5.75 Å². The Morgan fingerprint density at radius 2 is 0.650 bits per heavy atom. The van der Waals surface area contributed by atoms with E-state index in [9.17, 15) is 0 Å². The monoisotopic (exact) mass is 1380 g/mol. The van der Waals surface area contributed by atoms with Crippen LogP contribution in [0.3, 0.4) is 0 Å². The summed E-state index contributed by atoms with van der Waals surface area (Å²) in [5.74, 6) is 0.415. The normalized spacial score (nSPS) is 15.2. The number of benzene rings is 10. The van der Waals surface area contributed by atoms with Crippen molar-refractivity contribution < 1.29 is 33.5 Å². The second-order valence-corrected chi connectivity index (χ2v) is 35.7. The number of aryl methyl sites for hydroxylation is 12. The first-order valence-corrected chi connectivity index (χ1v) is 36.2. The van der Waals surface area contributed by atoms with Crippen LogP contribution in [-0.2, 0) is 37.9 Å². The lowest BCUT2D eigenvalue weighted by Gasteiger charge is -2.29. The van der Waals surface area contributed by atoms with E-state index in [-0.39, 0.29) is 147 Å². The van der Waals surface area contributed by atoms with Gasteiger partial charge in [0.05, 0.1) is 35.9 Å². The number of rotatable bonds is 2. The summed E-state index contributed by atoms with van der Waals surface area (Å²) in [6, 6.07) is 4.07. The number of methoxy groups -OCH3 is 1. The standard InChI is InChI=1S/C20H28.C19H26.C17H22O.C17H22.C16H20.C9H14S/c1-13-10-9-11-15-17(20(6,7)8)12-16(19(3,4)5)14(2)18(13)15;1-12(2)16-11-17(19(5,6)7)14(4)18-13(3)9-8-10-15(16)18;1-11-8-7-9-13-15(18-6)10-14(17(3,4)5)12(2)16(11)13;1-11-8-7-9-14-12(2)10-15(17(4,5)6)13(3)16(11)14;1-11-7-6-8-13-9-10-14(16(3,4)5)12(2)15(11)13;1-7-5-6-10-8(7)9(2,3)4/h9-12H,1-8H3;8-12H,1-7H3;7-10H,1-6H3;7-10H,1-6H3;6-10H,1-5H3;5-6H,1-4H3/i9D,10D,11D,12D;8D,9D,10D,11D;2*7D,8D,9D,10D;6D,7D,8D,9D,10D;. The highest BCUT2D eigenvalue weighted by Gasteiger charge is 2.27. The molecule has 0 N–H and O–H groups in total. The van der Waals surface area contributed by atoms with Crippen molar-refractivity contribution in [1.82, 2.24) is 0 Å². The average molecular weight is 1380 g/mol. The van der Waals surface area contributed by atoms with Crippen molar-refractivity contribution in [2.24, 2.45) is 0 Å². The molecule has 0 amide bonds. The first-order chi connectivity index (χ1) is 54.7. The second kappa shape index (κ2) is 31.3. The number of hydrogen-bond donors (Lipinski definition) is 0. The minimum Gasteiger partial charge on any atom is -0.496 e. The minimum atomic E-state index is -0.318. The van der Waals surface area contributed by atoms with Gasteiger partial charge >= 0.3 is 0 Å². The van der Waals surface area contributed by atoms with Gasteiger partial charge in [-0.15, -0.1) is 11.3 Å². The van der Waals surface area contributed by atoms with E-state index in [1.807, 2.05) is 129 Å². The summed E-state index contributed by atoms with van der Waals surface area (Å²) < 4.78 is 178. The predicted molar refractivity (Wildman–Crippen MR) is 452 cm³/mol. The third kappa shape index (κ3) is 18.8. The molecule has 0 aliphatic rings. The summed E-state index contributed by atoms with van der Waals surface area (Å²) in [7, 11) is 1.49. The van der Waals surface area contributed by atoms with Gasteiger partial charge in [-0.3, -0.25) is 0 Å². The van der Waals surface area contributed by atoms with Gasteiger partial charge in [0.1, 0.15) is 5.75 Å². The molecule has 1 heterocycles. The summed E-state index contributed by atoms with van der Waals surface area (Å²) in [5.41, 5.74) is 15.4. The number of thiophene rings is 1. The highest BCUT2D eigenvalue weighted by atomic mass is 32.1. The SMILES string of the molecule is Cc1ccsc1C(C)(C)C.[2H]c1c([2H])c(C)c2c(C)c(C(C)(C)C)c([2H])c(C(C)(C)C)c2c1[2H].[2H]c1c([2H])c(C)c2c(C)c(C(C)(C)C)c([2H])c(C(C)C)c2c1[2H].[2H]c1c([2H])c(C)c2c(C)c(C(C)(C)C)c([2H])c(C)c2c1[2H].[2H]c1c([2H])c(C)c2c(C)c(C(C)(C)C)c([2H])c(OC)c2c1[2H].[2H]c1c([2H])c(C)c2c(C)c(C(C)(C)C)c([2H])c([2H])c2c1[2H]. The zero-order chi connectivity index (χ0) is 93.9. The third-order valence-corrected chi connectivity index (χ3v) is 19.8. The second-order valence-electron chi connectivity index (χ2n) is 34.8. The van der Waals surface area contributed by atoms with Crippen molar-refractivity contribution in [2.75, 3.05) is 7.11 Å². The Hall–Kier alpha value is -7.00. The van der Waals surface area contributed by atoms with Crippen LogP contribution in [-0.4, -0.2) is 7.11 Å². The molecule has 11 rings (SSSR count). The van der Waals surface area contributed by atoms with Crippen LogP contribution in [0, 0.1) is 83.1 Å². The van der Waals surface area contributed by atoms with E-state index < -0.39 is 0 Å². The van der Waals surface area contributed by atoms with Crippen LogP contribution < -0.4 is 4.74 Å². The summed E-state index contributed by atoms with van der Waals surface area (Å²) in [5, 5.41) is 9.08. The van der Waals surface area contributed by atoms with Gasteiger partial charge in [-0.1, -0.05) is 280 Å². The molecule has 1 nitrogen and oxygen atoms in total. The Bertz CT molecular complexity index is 5840. The molecule has 10 aromatic carbocycles. The largest absolute Gasteiger partial charge is 0.496 e. The minimum absolute atomic E-state index is 0.0119. The van der Waals surface area contributed by atoms with Crippen LogP contribution in [0.25, 0.3) is 53.9 Å². The first-order valence-electron chi connectivity index (χ1n) is 45.9. The molecule has 0 saturated carbocycles. The summed E-state index contributed by atoms with van der Waals surface area (Å²) in [6.45, 7) is 70.8. The van der Waals surface area contributed by atoms with Crippen molar-refractivity contribution in [3.63, 3.8) is 0 Å². The molecule has 0 radical (unpaired) electrons. The zero-order valence-corrected chi connectivity index (χ0v) is 68.9. The van der Waals surface area contributed by atoms with Crippen LogP contribution in [0.1, 0.15) is 305 Å². The Morgan fingerprint density at radius 1 is 0.310 bits per heavy atom. The first kappa shape index (κ1) is 55.6. The molecule has 0 bridgehead atoms. The summed E-state index contributed by atoms with van der Waals surface area (Å²) in [6.07, 6.45) is 0. The van der Waals surface area contributed by atoms with E-state index in [0.29, 0.717) is 72.7 Å². The van der Waals surface area contributed by atoms with E-state index in [0.717, 1.165) is 111 Å². The molecule has 536 valence electrons. The van der Waals surface area contributed by atoms with Crippen LogP contribution in [0.2, 0.25) is 0 Å². The molecule has 0 spiro atoms. The smallest absolute Gasteiger partial charge is 0.127 e. The van der Waals surface area contributed by atoms with E-state index >= 15 is 0 Å². The van der Waals surface area contributed by atoms with Crippen molar-refractivity contribution >= 4 is 65.2 Å². The maximum atomic E-state index is 8.88. The van der Waals surface area contributed by atoms with Crippen LogP contribution in [0.15, 0.2) is 138 Å². The maximum Gasteiger partial charge on any atom is 0.127 e. The number of ether oxygens (including phenoxy) is 1. The zero-order valence-electron chi connectivity index (χ0n) is 89.0. The summed E-state index contributed by atoms with van der Waals surface area (Å²) >= 11 is 1.86. The fourth-order valence-electron chi connectivity index (χ4n) is 13.8. The summed E-state index contributed by atoms with van der Waals surface area (Å²) in [4.78, 5) is 1.51. The van der Waals surface area contributed by atoms with Gasteiger partial charge < -0.3 is 4.74 Å². The molecule has 0 unspecified atom stereocenters. The van der Waals surface area contributed by atoms with E-state index in [1.54, 1.807) is 13.8 Å². The third-order valence-electron chi connectivity index (χ3n) is 18.4. The highest BCUT2D eigenvalue weighted by molar-refractivity contribution is 7.10. The predicted octanol–water partition coefficient (Wildman–Crippen LogP) is 29.9. The molecule has 0 fully saturated rings. The quantitative estimate of drug-likeness (QED) is 0.168. The van der Waals surface area contributed by atoms with E-state index in [1.165, 1.54) is 17.6 Å². The van der Waals surface area contributed by atoms with Crippen molar-refractivity contribution in [2.45, 2.75) is 286 Å². The van der Waals surface area contributed by atoms with Gasteiger partial charge in [0.15, 0.2) is 0 Å². The molecule has 0 saturated heterocycles. The average Bonchev–Trinajstić information content (AvgIpc) is 1.13. The molecule has 0 aliphatic heterocycles. The molecule has 100 heavy (non-hydrogen) atoms. The Balaban J connectivity index is 0.000000228. The molecular weight excluding hydrogens is 1230 g/mol. The van der Waals surface area contributed by atoms with Crippen LogP contribution >= 0.6 is 11.3 Å². The van der Waals surface area contributed by atoms with Gasteiger partial charge in [-0.2, -0.15) is 0 Å². The van der Waals surface area contributed by atoms with Crippen molar-refractivity contribution in [1.29, 1.82) is 0 Å². The molecule has 1 aromatic heterocycles. The number of fused-ring (bicyclic) bond motifs is 5. The Kier molecular flexibility index (Phi) is 17.4. The van der Waals surface area contributed by atoms with E-state index in [4.69, 9.17) is 33.5 Å². The van der Waals surface area contributed by atoms with Crippen molar-refractivity contribution in [3.8, 4) is 5.75 Å². The molecule has 11 aromatic rings. The maximum absolute atomic E-state index is 8.88. The lowest BCUT2D eigenvalue weighted by Crippen LogP contribution is -2.18. The Morgan fingerprint density at radius 3 is 1.04 bits per heavy atom. The molecular formula is C98H132OS. The number of hydrogen-bond acceptors (Lipinski definition) is 2. The Labute approximate surface area is 643 Å². The lowest BCUT2D eigenvalue weighted by atomic mass is 9.75.